The molecular formula is C10H12N4O2S. The molecule has 0 aliphatic heterocycles. The van der Waals surface area contributed by atoms with Gasteiger partial charge < -0.3 is 15.0 Å². The number of anilines is 1. The number of hydrogen-bond donors (Lipinski definition) is 1. The molecule has 2 aromatic rings. The third kappa shape index (κ3) is 2.28. The molecule has 0 spiro atoms. The Bertz CT molecular complexity index is 546. The Balaban J connectivity index is 2.23. The Hall–Kier alpha value is -1.89. The van der Waals surface area contributed by atoms with Crippen molar-refractivity contribution in [1.29, 1.82) is 0 Å². The average molecular weight is 252 g/mol. The van der Waals surface area contributed by atoms with E-state index in [-0.39, 0.29) is 5.69 Å². The van der Waals surface area contributed by atoms with E-state index in [1.165, 1.54) is 13.4 Å². The summed E-state index contributed by atoms with van der Waals surface area (Å²) in [5.74, 6) is -0.238. The van der Waals surface area contributed by atoms with Gasteiger partial charge >= 0.3 is 5.97 Å². The van der Waals surface area contributed by atoms with E-state index in [1.807, 2.05) is 12.3 Å². The molecule has 2 N–H and O–H groups in total. The first-order valence-corrected chi connectivity index (χ1v) is 5.79. The molecule has 0 aliphatic rings. The van der Waals surface area contributed by atoms with Crippen molar-refractivity contribution in [2.45, 2.75) is 13.5 Å². The number of nitrogens with two attached hydrogens (primary N) is 1. The van der Waals surface area contributed by atoms with E-state index in [0.29, 0.717) is 12.4 Å². The molecule has 17 heavy (non-hydrogen) atoms. The molecule has 0 aromatic carbocycles. The summed E-state index contributed by atoms with van der Waals surface area (Å²) in [6, 6.07) is 0. The number of thiazole rings is 1. The fourth-order valence-electron chi connectivity index (χ4n) is 1.43. The zero-order valence-corrected chi connectivity index (χ0v) is 10.3. The summed E-state index contributed by atoms with van der Waals surface area (Å²) < 4.78 is 6.24. The van der Waals surface area contributed by atoms with E-state index in [2.05, 4.69) is 14.7 Å². The molecule has 90 valence electrons. The van der Waals surface area contributed by atoms with Crippen molar-refractivity contribution in [3.05, 3.63) is 28.1 Å². The van der Waals surface area contributed by atoms with Crippen LogP contribution in [0.4, 0.5) is 5.82 Å². The summed E-state index contributed by atoms with van der Waals surface area (Å²) in [6.07, 6.45) is 1.51. The maximum absolute atomic E-state index is 11.3. The molecule has 2 rings (SSSR count). The van der Waals surface area contributed by atoms with Gasteiger partial charge in [-0.2, -0.15) is 0 Å². The lowest BCUT2D eigenvalue weighted by atomic mass is 10.4. The van der Waals surface area contributed by atoms with Gasteiger partial charge in [-0.15, -0.1) is 11.3 Å². The molecule has 0 radical (unpaired) electrons. The predicted molar refractivity (Wildman–Crippen MR) is 63.9 cm³/mol. The van der Waals surface area contributed by atoms with Crippen LogP contribution in [0, 0.1) is 6.92 Å². The molecule has 7 heteroatoms. The molecule has 0 atom stereocenters. The lowest BCUT2D eigenvalue weighted by molar-refractivity contribution is 0.0596. The second-order valence-corrected chi connectivity index (χ2v) is 4.52. The molecule has 2 aromatic heterocycles. The molecule has 0 fully saturated rings. The highest BCUT2D eigenvalue weighted by Gasteiger charge is 2.16. The zero-order valence-electron chi connectivity index (χ0n) is 9.51. The number of hydrogen-bond acceptors (Lipinski definition) is 6. The quantitative estimate of drug-likeness (QED) is 0.826. The van der Waals surface area contributed by atoms with Gasteiger partial charge in [0, 0.05) is 5.38 Å². The number of aromatic nitrogens is 3. The summed E-state index contributed by atoms with van der Waals surface area (Å²) in [4.78, 5) is 19.6. The van der Waals surface area contributed by atoms with Crippen LogP contribution >= 0.6 is 11.3 Å². The minimum atomic E-state index is -0.532. The SMILES string of the molecule is COC(=O)c1ncn(Cc2csc(C)n2)c1N. The largest absolute Gasteiger partial charge is 0.464 e. The molecule has 0 saturated carbocycles. The van der Waals surface area contributed by atoms with E-state index >= 15 is 0 Å². The molecule has 0 unspecified atom stereocenters. The van der Waals surface area contributed by atoms with Gasteiger partial charge in [0.25, 0.3) is 0 Å². The van der Waals surface area contributed by atoms with Crippen molar-refractivity contribution < 1.29 is 9.53 Å². The number of rotatable bonds is 3. The number of carbonyl (C=O) groups excluding carboxylic acids is 1. The molecule has 6 nitrogen and oxygen atoms in total. The van der Waals surface area contributed by atoms with Crippen LogP contribution in [0.5, 0.6) is 0 Å². The minimum Gasteiger partial charge on any atom is -0.464 e. The first-order chi connectivity index (χ1) is 8.11. The first-order valence-electron chi connectivity index (χ1n) is 4.91. The maximum atomic E-state index is 11.3. The smallest absolute Gasteiger partial charge is 0.360 e. The van der Waals surface area contributed by atoms with Crippen LogP contribution in [-0.2, 0) is 11.3 Å². The third-order valence-corrected chi connectivity index (χ3v) is 3.08. The van der Waals surface area contributed by atoms with Gasteiger partial charge in [-0.1, -0.05) is 0 Å². The standard InChI is InChI=1S/C10H12N4O2S/c1-6-13-7(4-17-6)3-14-5-12-8(9(14)11)10(15)16-2/h4-5H,3,11H2,1-2H3. The van der Waals surface area contributed by atoms with Crippen molar-refractivity contribution in [3.63, 3.8) is 0 Å². The molecule has 2 heterocycles. The van der Waals surface area contributed by atoms with Gasteiger partial charge in [0.2, 0.25) is 0 Å². The van der Waals surface area contributed by atoms with Crippen LogP contribution in [0.1, 0.15) is 21.2 Å². The van der Waals surface area contributed by atoms with E-state index in [4.69, 9.17) is 5.73 Å². The fraction of sp³-hybridized carbons (Fsp3) is 0.300. The van der Waals surface area contributed by atoms with E-state index in [9.17, 15) is 4.79 Å². The normalized spacial score (nSPS) is 10.5. The van der Waals surface area contributed by atoms with Crippen LogP contribution < -0.4 is 5.73 Å². The van der Waals surface area contributed by atoms with E-state index in [0.717, 1.165) is 10.7 Å². The lowest BCUT2D eigenvalue weighted by Crippen LogP contribution is -2.09. The number of nitrogens with zero attached hydrogens (tertiary/aromatic N) is 3. The number of carbonyl (C=O) groups is 1. The van der Waals surface area contributed by atoms with Crippen LogP contribution in [0.15, 0.2) is 11.7 Å². The monoisotopic (exact) mass is 252 g/mol. The first kappa shape index (κ1) is 11.6. The van der Waals surface area contributed by atoms with Gasteiger partial charge in [-0.05, 0) is 6.92 Å². The molecule has 0 amide bonds. The average Bonchev–Trinajstić information content (AvgIpc) is 2.87. The minimum absolute atomic E-state index is 0.138. The lowest BCUT2D eigenvalue weighted by Gasteiger charge is -2.02. The van der Waals surface area contributed by atoms with Crippen LogP contribution in [0.3, 0.4) is 0 Å². The van der Waals surface area contributed by atoms with E-state index in [1.54, 1.807) is 15.9 Å². The second-order valence-electron chi connectivity index (χ2n) is 3.46. The Morgan fingerprint density at radius 3 is 3.00 bits per heavy atom. The number of nitrogen functional groups attached to an aromatic ring is 1. The van der Waals surface area contributed by atoms with Crippen LogP contribution in [0.25, 0.3) is 0 Å². The van der Waals surface area contributed by atoms with Crippen molar-refractivity contribution in [3.8, 4) is 0 Å². The van der Waals surface area contributed by atoms with Gasteiger partial charge in [0.05, 0.1) is 30.7 Å². The second kappa shape index (κ2) is 4.54. The summed E-state index contributed by atoms with van der Waals surface area (Å²) in [5, 5.41) is 2.94. The summed E-state index contributed by atoms with van der Waals surface area (Å²) in [6.45, 7) is 2.44. The maximum Gasteiger partial charge on any atom is 0.360 e. The molecule has 0 bridgehead atoms. The van der Waals surface area contributed by atoms with Gasteiger partial charge in [-0.3, -0.25) is 0 Å². The van der Waals surface area contributed by atoms with Crippen molar-refractivity contribution in [2.75, 3.05) is 12.8 Å². The Morgan fingerprint density at radius 1 is 1.65 bits per heavy atom. The molecule has 0 aliphatic carbocycles. The molecular weight excluding hydrogens is 240 g/mol. The van der Waals surface area contributed by atoms with Crippen LogP contribution in [0.2, 0.25) is 0 Å². The van der Waals surface area contributed by atoms with Crippen molar-refractivity contribution >= 4 is 23.1 Å². The van der Waals surface area contributed by atoms with Gasteiger partial charge in [-0.25, -0.2) is 14.8 Å². The van der Waals surface area contributed by atoms with Crippen LogP contribution in [-0.4, -0.2) is 27.6 Å². The number of esters is 1. The van der Waals surface area contributed by atoms with Gasteiger partial charge in [0.1, 0.15) is 5.82 Å². The van der Waals surface area contributed by atoms with E-state index < -0.39 is 5.97 Å². The summed E-state index contributed by atoms with van der Waals surface area (Å²) in [5.41, 5.74) is 6.84. The Kier molecular flexibility index (Phi) is 3.10. The number of ether oxygens (including phenoxy) is 1. The number of imidazole rings is 1. The number of aryl methyl sites for hydroxylation is 1. The Morgan fingerprint density at radius 2 is 2.41 bits per heavy atom. The van der Waals surface area contributed by atoms with Crippen molar-refractivity contribution in [1.82, 2.24) is 14.5 Å². The third-order valence-electron chi connectivity index (χ3n) is 2.26. The highest BCUT2D eigenvalue weighted by Crippen LogP contribution is 2.15. The molecule has 0 saturated heterocycles. The summed E-state index contributed by atoms with van der Waals surface area (Å²) >= 11 is 1.57. The topological polar surface area (TPSA) is 83.0 Å². The highest BCUT2D eigenvalue weighted by molar-refractivity contribution is 7.09. The predicted octanol–water partition coefficient (Wildman–Crippen LogP) is 1.07. The zero-order chi connectivity index (χ0) is 12.4. The highest BCUT2D eigenvalue weighted by atomic mass is 32.1. The van der Waals surface area contributed by atoms with Gasteiger partial charge in [0.15, 0.2) is 5.69 Å². The number of methoxy groups -OCH3 is 1. The Labute approximate surface area is 102 Å². The van der Waals surface area contributed by atoms with Crippen molar-refractivity contribution in [2.24, 2.45) is 0 Å². The fourth-order valence-corrected chi connectivity index (χ4v) is 2.03. The summed E-state index contributed by atoms with van der Waals surface area (Å²) in [7, 11) is 1.30.